The minimum atomic E-state index is -0.585. The Morgan fingerprint density at radius 2 is 2.10 bits per heavy atom. The molecule has 0 aromatic heterocycles. The summed E-state index contributed by atoms with van der Waals surface area (Å²) in [5.74, 6) is 0.283. The number of alkyl halides is 1. The van der Waals surface area contributed by atoms with Crippen LogP contribution in [0.2, 0.25) is 0 Å². The molecule has 0 aliphatic carbocycles. The summed E-state index contributed by atoms with van der Waals surface area (Å²) in [5, 5.41) is 12.5. The topological polar surface area (TPSA) is 52.6 Å². The van der Waals surface area contributed by atoms with Gasteiger partial charge in [0.15, 0.2) is 0 Å². The minimum absolute atomic E-state index is 0.0891. The maximum atomic E-state index is 12.4. The van der Waals surface area contributed by atoms with Crippen LogP contribution in [0.5, 0.6) is 0 Å². The number of amides is 1. The number of hydrogen-bond donors (Lipinski definition) is 2. The molecule has 1 amide bonds. The summed E-state index contributed by atoms with van der Waals surface area (Å²) in [4.78, 5) is 14.3. The maximum Gasteiger partial charge on any atom is 0.253 e. The molecular formula is C15H21ClN2O2. The van der Waals surface area contributed by atoms with Crippen molar-refractivity contribution in [3.63, 3.8) is 0 Å². The summed E-state index contributed by atoms with van der Waals surface area (Å²) in [6.45, 7) is 2.08. The molecule has 1 heterocycles. The highest BCUT2D eigenvalue weighted by Crippen LogP contribution is 2.16. The fourth-order valence-corrected chi connectivity index (χ4v) is 2.44. The van der Waals surface area contributed by atoms with E-state index < -0.39 is 6.10 Å². The van der Waals surface area contributed by atoms with Gasteiger partial charge in [-0.15, -0.1) is 11.6 Å². The molecule has 0 bridgehead atoms. The van der Waals surface area contributed by atoms with E-state index in [2.05, 4.69) is 5.32 Å². The average molecular weight is 297 g/mol. The van der Waals surface area contributed by atoms with Gasteiger partial charge in [0, 0.05) is 30.9 Å². The number of aliphatic hydroxyl groups is 1. The van der Waals surface area contributed by atoms with E-state index in [1.54, 1.807) is 0 Å². The van der Waals surface area contributed by atoms with Crippen molar-refractivity contribution >= 4 is 23.2 Å². The molecule has 1 aliphatic rings. The Labute approximate surface area is 124 Å². The number of anilines is 1. The summed E-state index contributed by atoms with van der Waals surface area (Å²) < 4.78 is 0. The number of benzene rings is 1. The average Bonchev–Trinajstić information content (AvgIpc) is 2.53. The molecule has 110 valence electrons. The van der Waals surface area contributed by atoms with E-state index in [0.717, 1.165) is 31.6 Å². The number of hydrogen-bond acceptors (Lipinski definition) is 3. The molecule has 1 aliphatic heterocycles. The third-order valence-corrected chi connectivity index (χ3v) is 3.83. The Morgan fingerprint density at radius 1 is 1.35 bits per heavy atom. The van der Waals surface area contributed by atoms with Crippen molar-refractivity contribution in [2.24, 2.45) is 0 Å². The van der Waals surface area contributed by atoms with Gasteiger partial charge in [0.25, 0.3) is 5.91 Å². The lowest BCUT2D eigenvalue weighted by Gasteiger charge is -2.26. The summed E-state index contributed by atoms with van der Waals surface area (Å²) in [5.41, 5.74) is 1.52. The van der Waals surface area contributed by atoms with Crippen molar-refractivity contribution in [3.05, 3.63) is 29.8 Å². The SMILES string of the molecule is O=C(c1cccc(NCC(O)CCl)c1)N1CCCCC1. The molecule has 1 fully saturated rings. The van der Waals surface area contributed by atoms with Gasteiger partial charge in [-0.1, -0.05) is 6.07 Å². The van der Waals surface area contributed by atoms with Crippen molar-refractivity contribution in [2.75, 3.05) is 30.8 Å². The largest absolute Gasteiger partial charge is 0.390 e. The number of carbonyl (C=O) groups excluding carboxylic acids is 1. The van der Waals surface area contributed by atoms with E-state index >= 15 is 0 Å². The third kappa shape index (κ3) is 4.12. The van der Waals surface area contributed by atoms with Crippen LogP contribution in [0.4, 0.5) is 5.69 Å². The van der Waals surface area contributed by atoms with Gasteiger partial charge >= 0.3 is 0 Å². The number of carbonyl (C=O) groups is 1. The van der Waals surface area contributed by atoms with E-state index in [0.29, 0.717) is 12.1 Å². The van der Waals surface area contributed by atoms with Crippen molar-refractivity contribution in [3.8, 4) is 0 Å². The molecule has 0 radical (unpaired) electrons. The second-order valence-electron chi connectivity index (χ2n) is 5.12. The number of nitrogens with zero attached hydrogens (tertiary/aromatic N) is 1. The highest BCUT2D eigenvalue weighted by molar-refractivity contribution is 6.18. The van der Waals surface area contributed by atoms with E-state index in [9.17, 15) is 9.90 Å². The lowest BCUT2D eigenvalue weighted by atomic mass is 10.1. The van der Waals surface area contributed by atoms with Gasteiger partial charge in [-0.05, 0) is 37.5 Å². The first-order valence-corrected chi connectivity index (χ1v) is 7.61. The summed E-state index contributed by atoms with van der Waals surface area (Å²) in [7, 11) is 0. The van der Waals surface area contributed by atoms with E-state index in [-0.39, 0.29) is 11.8 Å². The highest BCUT2D eigenvalue weighted by atomic mass is 35.5. The zero-order valence-electron chi connectivity index (χ0n) is 11.5. The van der Waals surface area contributed by atoms with Crippen molar-refractivity contribution < 1.29 is 9.90 Å². The zero-order valence-corrected chi connectivity index (χ0v) is 12.3. The first kappa shape index (κ1) is 15.1. The quantitative estimate of drug-likeness (QED) is 0.820. The molecule has 1 aromatic carbocycles. The molecule has 5 heteroatoms. The Kier molecular flexibility index (Phi) is 5.68. The second kappa shape index (κ2) is 7.50. The van der Waals surface area contributed by atoms with Crippen LogP contribution in [-0.4, -0.2) is 47.5 Å². The van der Waals surface area contributed by atoms with Gasteiger partial charge in [-0.2, -0.15) is 0 Å². The Morgan fingerprint density at radius 3 is 2.80 bits per heavy atom. The Balaban J connectivity index is 1.99. The zero-order chi connectivity index (χ0) is 14.4. The van der Waals surface area contributed by atoms with Gasteiger partial charge in [0.2, 0.25) is 0 Å². The molecule has 1 aromatic rings. The summed E-state index contributed by atoms with van der Waals surface area (Å²) in [6.07, 6.45) is 2.80. The third-order valence-electron chi connectivity index (χ3n) is 3.47. The van der Waals surface area contributed by atoms with Gasteiger partial charge in [-0.25, -0.2) is 0 Å². The molecule has 1 unspecified atom stereocenters. The van der Waals surface area contributed by atoms with Crippen molar-refractivity contribution in [1.29, 1.82) is 0 Å². The molecular weight excluding hydrogens is 276 g/mol. The van der Waals surface area contributed by atoms with E-state index in [1.807, 2.05) is 29.2 Å². The summed E-state index contributed by atoms with van der Waals surface area (Å²) in [6, 6.07) is 7.40. The predicted octanol–water partition coefficient (Wildman–Crippen LogP) is 2.32. The van der Waals surface area contributed by atoms with E-state index in [4.69, 9.17) is 11.6 Å². The van der Waals surface area contributed by atoms with Crippen LogP contribution in [0.1, 0.15) is 29.6 Å². The molecule has 0 saturated carbocycles. The number of piperidine rings is 1. The van der Waals surface area contributed by atoms with Crippen molar-refractivity contribution in [1.82, 2.24) is 4.90 Å². The van der Waals surface area contributed by atoms with Crippen LogP contribution >= 0.6 is 11.6 Å². The number of aliphatic hydroxyl groups excluding tert-OH is 1. The fourth-order valence-electron chi connectivity index (χ4n) is 2.33. The highest BCUT2D eigenvalue weighted by Gasteiger charge is 2.18. The van der Waals surface area contributed by atoms with Gasteiger partial charge < -0.3 is 15.3 Å². The first-order chi connectivity index (χ1) is 9.70. The number of nitrogens with one attached hydrogen (secondary N) is 1. The summed E-state index contributed by atoms with van der Waals surface area (Å²) >= 11 is 5.55. The van der Waals surface area contributed by atoms with Gasteiger partial charge in [-0.3, -0.25) is 4.79 Å². The maximum absolute atomic E-state index is 12.4. The lowest BCUT2D eigenvalue weighted by molar-refractivity contribution is 0.0724. The molecule has 20 heavy (non-hydrogen) atoms. The smallest absolute Gasteiger partial charge is 0.253 e. The molecule has 1 saturated heterocycles. The normalized spacial score (nSPS) is 16.8. The lowest BCUT2D eigenvalue weighted by Crippen LogP contribution is -2.35. The Bertz CT molecular complexity index is 447. The predicted molar refractivity (Wildman–Crippen MR) is 81.4 cm³/mol. The van der Waals surface area contributed by atoms with Crippen LogP contribution in [-0.2, 0) is 0 Å². The van der Waals surface area contributed by atoms with Crippen LogP contribution in [0.25, 0.3) is 0 Å². The molecule has 4 nitrogen and oxygen atoms in total. The Hall–Kier alpha value is -1.26. The standard InChI is InChI=1S/C15H21ClN2O2/c16-10-14(19)11-17-13-6-4-5-12(9-13)15(20)18-7-2-1-3-8-18/h4-6,9,14,17,19H,1-3,7-8,10-11H2. The molecule has 2 rings (SSSR count). The van der Waals surface area contributed by atoms with Crippen molar-refractivity contribution in [2.45, 2.75) is 25.4 Å². The monoisotopic (exact) mass is 296 g/mol. The van der Waals surface area contributed by atoms with E-state index in [1.165, 1.54) is 6.42 Å². The molecule has 0 spiro atoms. The first-order valence-electron chi connectivity index (χ1n) is 7.08. The van der Waals surface area contributed by atoms with Crippen LogP contribution in [0, 0.1) is 0 Å². The second-order valence-corrected chi connectivity index (χ2v) is 5.43. The number of likely N-dealkylation sites (tertiary alicyclic amines) is 1. The van der Waals surface area contributed by atoms with Gasteiger partial charge in [0.05, 0.1) is 12.0 Å². The number of rotatable bonds is 5. The fraction of sp³-hybridized carbons (Fsp3) is 0.533. The van der Waals surface area contributed by atoms with Crippen LogP contribution in [0.3, 0.4) is 0 Å². The molecule has 2 N–H and O–H groups in total. The molecule has 1 atom stereocenters. The minimum Gasteiger partial charge on any atom is -0.390 e. The van der Waals surface area contributed by atoms with Crippen LogP contribution < -0.4 is 5.32 Å². The number of halogens is 1. The van der Waals surface area contributed by atoms with Crippen LogP contribution in [0.15, 0.2) is 24.3 Å². The van der Waals surface area contributed by atoms with Gasteiger partial charge in [0.1, 0.15) is 0 Å².